The van der Waals surface area contributed by atoms with Crippen LogP contribution in [0, 0.1) is 22.7 Å². The number of nitriles is 1. The first-order valence-corrected chi connectivity index (χ1v) is 7.81. The van der Waals surface area contributed by atoms with Crippen molar-refractivity contribution < 1.29 is 0 Å². The number of nitrogens with two attached hydrogens (primary N) is 1. The Balaban J connectivity index is 2.01. The number of hydrogen-bond acceptors (Lipinski definition) is 3. The van der Waals surface area contributed by atoms with Crippen molar-refractivity contribution in [3.05, 3.63) is 47.2 Å². The molecular formula is C19H19N3. The second-order valence-electron chi connectivity index (χ2n) is 7.10. The van der Waals surface area contributed by atoms with Gasteiger partial charge >= 0.3 is 0 Å². The molecule has 1 aromatic carbocycles. The number of rotatable bonds is 1. The van der Waals surface area contributed by atoms with Crippen LogP contribution in [0.15, 0.2) is 30.3 Å². The van der Waals surface area contributed by atoms with Crippen LogP contribution < -0.4 is 5.73 Å². The zero-order valence-corrected chi connectivity index (χ0v) is 12.9. The summed E-state index contributed by atoms with van der Waals surface area (Å²) in [6.07, 6.45) is 2.21. The number of aromatic nitrogens is 1. The van der Waals surface area contributed by atoms with E-state index in [1.54, 1.807) is 0 Å². The topological polar surface area (TPSA) is 62.7 Å². The summed E-state index contributed by atoms with van der Waals surface area (Å²) in [6, 6.07) is 12.4. The van der Waals surface area contributed by atoms with Crippen LogP contribution in [0.3, 0.4) is 0 Å². The summed E-state index contributed by atoms with van der Waals surface area (Å²) in [7, 11) is 0. The molecule has 22 heavy (non-hydrogen) atoms. The van der Waals surface area contributed by atoms with E-state index in [9.17, 15) is 5.26 Å². The molecule has 2 N–H and O–H groups in total. The Labute approximate surface area is 130 Å². The second-order valence-corrected chi connectivity index (χ2v) is 7.10. The molecule has 3 nitrogen and oxygen atoms in total. The number of nitrogen functional groups attached to an aromatic ring is 1. The summed E-state index contributed by atoms with van der Waals surface area (Å²) in [6.45, 7) is 4.65. The molecule has 3 aliphatic carbocycles. The monoisotopic (exact) mass is 289 g/mol. The summed E-state index contributed by atoms with van der Waals surface area (Å²) in [5.74, 6) is 1.53. The summed E-state index contributed by atoms with van der Waals surface area (Å²) in [4.78, 5) is 4.64. The van der Waals surface area contributed by atoms with E-state index in [1.807, 2.05) is 18.2 Å². The molecule has 2 bridgehead atoms. The standard InChI is InChI=1S/C19H19N3/c1-19(2)12-8-13-16(11-6-4-3-5-7-11)14(10-20)18(21)22-17(13)15(19)9-12/h3-7,12,15H,8-9H2,1-2H3,(H2,21,22)/t12-,15-/m0/s1. The number of benzene rings is 1. The minimum Gasteiger partial charge on any atom is -0.383 e. The van der Waals surface area contributed by atoms with Gasteiger partial charge in [-0.05, 0) is 35.3 Å². The van der Waals surface area contributed by atoms with E-state index in [2.05, 4.69) is 37.0 Å². The van der Waals surface area contributed by atoms with Crippen LogP contribution >= 0.6 is 0 Å². The van der Waals surface area contributed by atoms with Crippen LogP contribution in [-0.4, -0.2) is 4.98 Å². The Morgan fingerprint density at radius 3 is 2.64 bits per heavy atom. The predicted molar refractivity (Wildman–Crippen MR) is 87.1 cm³/mol. The van der Waals surface area contributed by atoms with Gasteiger partial charge in [-0.25, -0.2) is 4.98 Å². The van der Waals surface area contributed by atoms with E-state index in [4.69, 9.17) is 5.73 Å². The predicted octanol–water partition coefficient (Wildman–Crippen LogP) is 3.89. The lowest BCUT2D eigenvalue weighted by Crippen LogP contribution is -2.48. The smallest absolute Gasteiger partial charge is 0.142 e. The molecule has 5 rings (SSSR count). The fraction of sp³-hybridized carbons (Fsp3) is 0.368. The average Bonchev–Trinajstić information content (AvgIpc) is 2.53. The van der Waals surface area contributed by atoms with Crippen LogP contribution in [0.4, 0.5) is 5.82 Å². The summed E-state index contributed by atoms with van der Waals surface area (Å²) in [5.41, 5.74) is 11.4. The van der Waals surface area contributed by atoms with Gasteiger partial charge in [0.15, 0.2) is 0 Å². The second kappa shape index (κ2) is 4.33. The molecule has 1 saturated carbocycles. The third-order valence-electron chi connectivity index (χ3n) is 5.78. The van der Waals surface area contributed by atoms with E-state index in [1.165, 1.54) is 12.0 Å². The Morgan fingerprint density at radius 1 is 1.27 bits per heavy atom. The van der Waals surface area contributed by atoms with Gasteiger partial charge in [-0.2, -0.15) is 5.26 Å². The molecular weight excluding hydrogens is 270 g/mol. The molecule has 0 aliphatic heterocycles. The normalized spacial score (nSPS) is 24.0. The van der Waals surface area contributed by atoms with Crippen LogP contribution in [0.5, 0.6) is 0 Å². The van der Waals surface area contributed by atoms with Crippen molar-refractivity contribution in [2.24, 2.45) is 11.3 Å². The fourth-order valence-electron chi connectivity index (χ4n) is 4.26. The Morgan fingerprint density at radius 2 is 2.00 bits per heavy atom. The van der Waals surface area contributed by atoms with Crippen molar-refractivity contribution in [3.8, 4) is 17.2 Å². The zero-order valence-electron chi connectivity index (χ0n) is 12.9. The van der Waals surface area contributed by atoms with Gasteiger partial charge in [-0.1, -0.05) is 44.2 Å². The largest absolute Gasteiger partial charge is 0.383 e. The van der Waals surface area contributed by atoms with Crippen molar-refractivity contribution >= 4 is 5.82 Å². The van der Waals surface area contributed by atoms with E-state index in [0.717, 1.165) is 23.2 Å². The van der Waals surface area contributed by atoms with E-state index in [0.29, 0.717) is 28.6 Å². The lowest BCUT2D eigenvalue weighted by atomic mass is 9.48. The number of nitrogens with zero attached hydrogens (tertiary/aromatic N) is 2. The van der Waals surface area contributed by atoms with Gasteiger partial charge in [0.25, 0.3) is 0 Å². The van der Waals surface area contributed by atoms with Gasteiger partial charge < -0.3 is 5.73 Å². The Bertz CT molecular complexity index is 800. The van der Waals surface area contributed by atoms with Crippen LogP contribution in [-0.2, 0) is 6.42 Å². The fourth-order valence-corrected chi connectivity index (χ4v) is 4.26. The quantitative estimate of drug-likeness (QED) is 0.866. The molecule has 1 heterocycles. The maximum atomic E-state index is 9.57. The first-order chi connectivity index (χ1) is 10.5. The summed E-state index contributed by atoms with van der Waals surface area (Å²) < 4.78 is 0. The molecule has 0 spiro atoms. The molecule has 2 atom stereocenters. The molecule has 0 radical (unpaired) electrons. The highest BCUT2D eigenvalue weighted by atomic mass is 14.9. The highest BCUT2D eigenvalue weighted by Gasteiger charge is 2.54. The van der Waals surface area contributed by atoms with Gasteiger partial charge in [0.05, 0.1) is 5.69 Å². The molecule has 0 unspecified atom stereocenters. The number of hydrogen-bond donors (Lipinski definition) is 1. The SMILES string of the molecule is CC1(C)[C@H]2Cc3c(nc(N)c(C#N)c3-c3ccccc3)[C@@H]1C2. The number of pyridine rings is 1. The Kier molecular flexibility index (Phi) is 2.62. The minimum absolute atomic E-state index is 0.300. The van der Waals surface area contributed by atoms with Crippen molar-refractivity contribution in [2.75, 3.05) is 5.73 Å². The van der Waals surface area contributed by atoms with Gasteiger partial charge in [0.1, 0.15) is 17.5 Å². The van der Waals surface area contributed by atoms with Gasteiger partial charge in [-0.15, -0.1) is 0 Å². The molecule has 0 saturated heterocycles. The maximum Gasteiger partial charge on any atom is 0.142 e. The van der Waals surface area contributed by atoms with Gasteiger partial charge in [-0.3, -0.25) is 0 Å². The van der Waals surface area contributed by atoms with Crippen molar-refractivity contribution in [1.82, 2.24) is 4.98 Å². The molecule has 0 amide bonds. The lowest BCUT2D eigenvalue weighted by molar-refractivity contribution is 0.0158. The van der Waals surface area contributed by atoms with Crippen LogP contribution in [0.2, 0.25) is 0 Å². The molecule has 2 aromatic rings. The molecule has 1 fully saturated rings. The first-order valence-electron chi connectivity index (χ1n) is 7.81. The molecule has 1 aromatic heterocycles. The lowest BCUT2D eigenvalue weighted by Gasteiger charge is -2.56. The van der Waals surface area contributed by atoms with E-state index >= 15 is 0 Å². The van der Waals surface area contributed by atoms with Crippen molar-refractivity contribution in [1.29, 1.82) is 5.26 Å². The Hall–Kier alpha value is -2.34. The van der Waals surface area contributed by atoms with E-state index < -0.39 is 0 Å². The third kappa shape index (κ3) is 1.58. The molecule has 3 aliphatic rings. The van der Waals surface area contributed by atoms with Gasteiger partial charge in [0.2, 0.25) is 0 Å². The molecule has 110 valence electrons. The summed E-state index contributed by atoms with van der Waals surface area (Å²) in [5, 5.41) is 9.57. The third-order valence-corrected chi connectivity index (χ3v) is 5.78. The van der Waals surface area contributed by atoms with Gasteiger partial charge in [0, 0.05) is 11.5 Å². The molecule has 3 heteroatoms. The highest BCUT2D eigenvalue weighted by molar-refractivity contribution is 5.80. The first kappa shape index (κ1) is 13.3. The highest BCUT2D eigenvalue weighted by Crippen LogP contribution is 2.63. The van der Waals surface area contributed by atoms with Crippen LogP contribution in [0.25, 0.3) is 11.1 Å². The minimum atomic E-state index is 0.300. The van der Waals surface area contributed by atoms with Crippen molar-refractivity contribution in [3.63, 3.8) is 0 Å². The average molecular weight is 289 g/mol. The van der Waals surface area contributed by atoms with Crippen molar-refractivity contribution in [2.45, 2.75) is 32.6 Å². The van der Waals surface area contributed by atoms with Crippen LogP contribution in [0.1, 0.15) is 43.0 Å². The van der Waals surface area contributed by atoms with E-state index in [-0.39, 0.29) is 0 Å². The summed E-state index contributed by atoms with van der Waals surface area (Å²) >= 11 is 0. The zero-order chi connectivity index (χ0) is 15.5. The maximum absolute atomic E-state index is 9.57. The number of anilines is 1.